The number of hydrogen-bond donors (Lipinski definition) is 4. The number of benzene rings is 1. The number of hydrazine groups is 1. The number of rotatable bonds is 6. The van der Waals surface area contributed by atoms with Crippen molar-refractivity contribution in [1.29, 1.82) is 0 Å². The van der Waals surface area contributed by atoms with Crippen LogP contribution >= 0.6 is 0 Å². The van der Waals surface area contributed by atoms with Crippen LogP contribution in [0.4, 0.5) is 0 Å². The summed E-state index contributed by atoms with van der Waals surface area (Å²) in [5.41, 5.74) is 6.62. The maximum Gasteiger partial charge on any atom is 0.244 e. The first-order valence-corrected chi connectivity index (χ1v) is 11.7. The maximum atomic E-state index is 13.3. The minimum absolute atomic E-state index is 0.171. The van der Waals surface area contributed by atoms with Crippen molar-refractivity contribution in [2.45, 2.75) is 44.0 Å². The van der Waals surface area contributed by atoms with Crippen molar-refractivity contribution in [3.8, 4) is 5.75 Å². The minimum atomic E-state index is -2.65. The van der Waals surface area contributed by atoms with E-state index in [0.29, 0.717) is 11.7 Å². The summed E-state index contributed by atoms with van der Waals surface area (Å²) in [7, 11) is -2.65. The molecule has 1 amide bonds. The average molecular weight is 423 g/mol. The van der Waals surface area contributed by atoms with Crippen LogP contribution in [0.5, 0.6) is 5.75 Å². The number of guanidine groups is 1. The zero-order valence-corrected chi connectivity index (χ0v) is 17.8. The van der Waals surface area contributed by atoms with Crippen LogP contribution in [0.3, 0.4) is 0 Å². The third-order valence-corrected chi connectivity index (χ3v) is 8.64. The van der Waals surface area contributed by atoms with Crippen molar-refractivity contribution in [2.24, 2.45) is 10.9 Å². The number of carbonyl (C=O) groups is 1. The average Bonchev–Trinajstić information content (AvgIpc) is 3.16. The second-order valence-electron chi connectivity index (χ2n) is 8.07. The molecule has 2 unspecified atom stereocenters. The quantitative estimate of drug-likeness (QED) is 0.514. The lowest BCUT2D eigenvalue weighted by Gasteiger charge is -2.30. The molecule has 29 heavy (non-hydrogen) atoms. The molecule has 1 aromatic carbocycles. The van der Waals surface area contributed by atoms with Crippen molar-refractivity contribution in [1.82, 2.24) is 16.2 Å². The Bertz CT molecular complexity index is 859. The van der Waals surface area contributed by atoms with Gasteiger partial charge in [-0.25, -0.2) is 10.4 Å². The van der Waals surface area contributed by atoms with E-state index in [1.165, 1.54) is 0 Å². The van der Waals surface area contributed by atoms with Crippen molar-refractivity contribution in [3.63, 3.8) is 0 Å². The molecule has 0 bridgehead atoms. The number of nitrogens with one attached hydrogen (secondary N) is 3. The Labute approximate surface area is 172 Å². The summed E-state index contributed by atoms with van der Waals surface area (Å²) in [6.45, 7) is 4.82. The van der Waals surface area contributed by atoms with Crippen LogP contribution in [0.1, 0.15) is 44.8 Å². The zero-order valence-electron chi connectivity index (χ0n) is 16.9. The number of aromatic hydroxyl groups is 1. The summed E-state index contributed by atoms with van der Waals surface area (Å²) < 4.78 is 17.5. The van der Waals surface area contributed by atoms with Crippen LogP contribution < -0.4 is 16.2 Å². The Morgan fingerprint density at radius 1 is 1.34 bits per heavy atom. The van der Waals surface area contributed by atoms with Crippen LogP contribution in [0.2, 0.25) is 0 Å². The monoisotopic (exact) mass is 422 g/mol. The molecule has 2 aliphatic rings. The number of hydrogen-bond acceptors (Lipinski definition) is 7. The van der Waals surface area contributed by atoms with E-state index in [-0.39, 0.29) is 17.6 Å². The molecular formula is C20H30N4O4S. The van der Waals surface area contributed by atoms with E-state index in [9.17, 15) is 14.1 Å². The fourth-order valence-corrected chi connectivity index (χ4v) is 4.90. The Morgan fingerprint density at radius 3 is 2.66 bits per heavy atom. The minimum Gasteiger partial charge on any atom is -0.508 e. The SMILES string of the molecule is C=S(=O)(CCC1CCOCC1)C(C)(C)C(=O)NC1=NC(c2ccc(O)cc2)NN1. The predicted octanol–water partition coefficient (Wildman–Crippen LogP) is 1.28. The lowest BCUT2D eigenvalue weighted by molar-refractivity contribution is -0.121. The third-order valence-electron chi connectivity index (χ3n) is 5.70. The van der Waals surface area contributed by atoms with Gasteiger partial charge < -0.3 is 9.84 Å². The number of ether oxygens (including phenoxy) is 1. The molecule has 4 N–H and O–H groups in total. The molecule has 9 heteroatoms. The van der Waals surface area contributed by atoms with Crippen molar-refractivity contribution in [3.05, 3.63) is 29.8 Å². The normalized spacial score (nSPS) is 22.4. The van der Waals surface area contributed by atoms with Gasteiger partial charge in [-0.05, 0) is 72.1 Å². The molecule has 1 fully saturated rings. The molecule has 2 aliphatic heterocycles. The molecule has 160 valence electrons. The van der Waals surface area contributed by atoms with Gasteiger partial charge in [-0.1, -0.05) is 12.1 Å². The number of aliphatic imine (C=N–C) groups is 1. The van der Waals surface area contributed by atoms with E-state index in [0.717, 1.165) is 38.0 Å². The fourth-order valence-electron chi connectivity index (χ4n) is 3.28. The van der Waals surface area contributed by atoms with Crippen LogP contribution in [0.15, 0.2) is 29.3 Å². The van der Waals surface area contributed by atoms with Gasteiger partial charge in [0.05, 0.1) is 0 Å². The highest BCUT2D eigenvalue weighted by molar-refractivity contribution is 8.02. The van der Waals surface area contributed by atoms with E-state index >= 15 is 0 Å². The van der Waals surface area contributed by atoms with Gasteiger partial charge in [0.15, 0.2) is 0 Å². The molecule has 0 saturated carbocycles. The molecule has 0 aliphatic carbocycles. The van der Waals surface area contributed by atoms with Crippen molar-refractivity contribution >= 4 is 27.3 Å². The van der Waals surface area contributed by atoms with Gasteiger partial charge in [-0.2, -0.15) is 0 Å². The third kappa shape index (κ3) is 5.09. The number of amides is 1. The topological polar surface area (TPSA) is 112 Å². The second-order valence-corrected chi connectivity index (χ2v) is 11.1. The molecule has 3 rings (SSSR count). The summed E-state index contributed by atoms with van der Waals surface area (Å²) in [5, 5.41) is 12.1. The summed E-state index contributed by atoms with van der Waals surface area (Å²) in [5.74, 6) is 4.86. The van der Waals surface area contributed by atoms with Gasteiger partial charge >= 0.3 is 0 Å². The summed E-state index contributed by atoms with van der Waals surface area (Å²) in [6.07, 6.45) is 2.32. The summed E-state index contributed by atoms with van der Waals surface area (Å²) >= 11 is 0. The van der Waals surface area contributed by atoms with Gasteiger partial charge in [0.25, 0.3) is 0 Å². The van der Waals surface area contributed by atoms with E-state index < -0.39 is 20.4 Å². The van der Waals surface area contributed by atoms with E-state index in [2.05, 4.69) is 27.0 Å². The predicted molar refractivity (Wildman–Crippen MR) is 115 cm³/mol. The first-order chi connectivity index (χ1) is 13.7. The van der Waals surface area contributed by atoms with Crippen molar-refractivity contribution in [2.75, 3.05) is 19.0 Å². The molecule has 8 nitrogen and oxygen atoms in total. The molecule has 1 aromatic rings. The number of phenolic OH excluding ortho intramolecular Hbond substituents is 1. The summed E-state index contributed by atoms with van der Waals surface area (Å²) in [6, 6.07) is 6.63. The first-order valence-electron chi connectivity index (χ1n) is 9.81. The lowest BCUT2D eigenvalue weighted by Crippen LogP contribution is -2.53. The molecule has 1 saturated heterocycles. The molecule has 0 spiro atoms. The van der Waals surface area contributed by atoms with Crippen LogP contribution in [0.25, 0.3) is 0 Å². The maximum absolute atomic E-state index is 13.3. The molecule has 0 aromatic heterocycles. The molecule has 0 radical (unpaired) electrons. The van der Waals surface area contributed by atoms with Gasteiger partial charge in [0.1, 0.15) is 16.7 Å². The Kier molecular flexibility index (Phi) is 6.50. The zero-order chi connectivity index (χ0) is 21.1. The van der Waals surface area contributed by atoms with Gasteiger partial charge in [-0.15, -0.1) is 0 Å². The molecule has 2 atom stereocenters. The Balaban J connectivity index is 1.60. The van der Waals surface area contributed by atoms with E-state index in [1.807, 2.05) is 0 Å². The van der Waals surface area contributed by atoms with Crippen LogP contribution in [-0.4, -0.2) is 50.8 Å². The fraction of sp³-hybridized carbons (Fsp3) is 0.550. The van der Waals surface area contributed by atoms with E-state index in [4.69, 9.17) is 4.74 Å². The number of nitrogens with zero attached hydrogens (tertiary/aromatic N) is 1. The number of carbonyl (C=O) groups excluding carboxylic acids is 1. The van der Waals surface area contributed by atoms with Gasteiger partial charge in [-0.3, -0.25) is 19.7 Å². The second kappa shape index (κ2) is 8.73. The molecule has 2 heterocycles. The largest absolute Gasteiger partial charge is 0.508 e. The highest BCUT2D eigenvalue weighted by atomic mass is 32.2. The van der Waals surface area contributed by atoms with Crippen molar-refractivity contribution < 1.29 is 18.8 Å². The van der Waals surface area contributed by atoms with Gasteiger partial charge in [0, 0.05) is 19.0 Å². The highest BCUT2D eigenvalue weighted by Gasteiger charge is 2.38. The highest BCUT2D eigenvalue weighted by Crippen LogP contribution is 2.25. The van der Waals surface area contributed by atoms with Gasteiger partial charge in [0.2, 0.25) is 11.9 Å². The Hall–Kier alpha value is -2.10. The Morgan fingerprint density at radius 2 is 2.00 bits per heavy atom. The van der Waals surface area contributed by atoms with Crippen LogP contribution in [-0.2, 0) is 19.1 Å². The first kappa shape index (κ1) is 21.6. The molecular weight excluding hydrogens is 392 g/mol. The standard InChI is InChI=1S/C20H30N4O4S/c1-20(2,29(3,27)13-10-14-8-11-28-12-9-14)18(26)22-19-21-17(23-24-19)15-4-6-16(25)7-5-15/h4-7,14,17,23,25H,3,8-13H2,1-2H3,(H2,21,22,24,26). The van der Waals surface area contributed by atoms with Crippen LogP contribution in [0, 0.1) is 5.92 Å². The van der Waals surface area contributed by atoms with E-state index in [1.54, 1.807) is 38.1 Å². The number of phenols is 1. The smallest absolute Gasteiger partial charge is 0.244 e. The summed E-state index contributed by atoms with van der Waals surface area (Å²) in [4.78, 5) is 17.3. The lowest BCUT2D eigenvalue weighted by atomic mass is 9.98.